The highest BCUT2D eigenvalue weighted by Gasteiger charge is 2.24. The summed E-state index contributed by atoms with van der Waals surface area (Å²) in [7, 11) is 1.53. The summed E-state index contributed by atoms with van der Waals surface area (Å²) in [6.45, 7) is 0. The summed E-state index contributed by atoms with van der Waals surface area (Å²) in [5.74, 6) is 0.588. The third-order valence-electron chi connectivity index (χ3n) is 5.06. The number of benzene rings is 2. The zero-order valence-corrected chi connectivity index (χ0v) is 16.2. The Kier molecular flexibility index (Phi) is 4.50. The normalized spacial score (nSPS) is 13.4. The molecule has 0 spiro atoms. The number of rotatable bonds is 5. The molecule has 0 aliphatic heterocycles. The molecular formula is C23H18F2N4O. The molecule has 30 heavy (non-hydrogen) atoms. The van der Waals surface area contributed by atoms with E-state index >= 15 is 0 Å². The molecule has 0 amide bonds. The monoisotopic (exact) mass is 404 g/mol. The fraction of sp³-hybridized carbons (Fsp3) is 0.174. The van der Waals surface area contributed by atoms with Crippen molar-refractivity contribution >= 4 is 16.7 Å². The molecule has 4 aromatic rings. The zero-order chi connectivity index (χ0) is 20.7. The average Bonchev–Trinajstić information content (AvgIpc) is 3.59. The van der Waals surface area contributed by atoms with Crippen LogP contribution in [0.5, 0.6) is 5.75 Å². The van der Waals surface area contributed by atoms with Gasteiger partial charge in [-0.3, -0.25) is 4.98 Å². The standard InChI is InChI=1S/C23H18F2N4O/c1-30-20-10-14(17-11-15(24)4-7-19(17)25)9-18-21(20)28-22(13-3-2-8-26-12-13)29-23(18)27-16-5-6-16/h2-4,7-12,16H,5-6H2,1H3,(H,27,28,29). The maximum atomic E-state index is 14.4. The van der Waals surface area contributed by atoms with E-state index in [1.807, 2.05) is 12.1 Å². The number of methoxy groups -OCH3 is 1. The van der Waals surface area contributed by atoms with Crippen molar-refractivity contribution in [3.63, 3.8) is 0 Å². The van der Waals surface area contributed by atoms with Gasteiger partial charge < -0.3 is 10.1 Å². The molecule has 1 aliphatic carbocycles. The molecule has 150 valence electrons. The van der Waals surface area contributed by atoms with Crippen molar-refractivity contribution in [1.82, 2.24) is 15.0 Å². The van der Waals surface area contributed by atoms with E-state index in [0.29, 0.717) is 39.9 Å². The van der Waals surface area contributed by atoms with Crippen LogP contribution in [-0.4, -0.2) is 28.1 Å². The average molecular weight is 404 g/mol. The third-order valence-corrected chi connectivity index (χ3v) is 5.06. The summed E-state index contributed by atoms with van der Waals surface area (Å²) < 4.78 is 33.8. The van der Waals surface area contributed by atoms with Crippen LogP contribution in [0.2, 0.25) is 0 Å². The molecule has 0 bridgehead atoms. The van der Waals surface area contributed by atoms with Gasteiger partial charge in [-0.05, 0) is 60.9 Å². The van der Waals surface area contributed by atoms with Crippen molar-refractivity contribution in [3.8, 4) is 28.3 Å². The fourth-order valence-corrected chi connectivity index (χ4v) is 3.39. The van der Waals surface area contributed by atoms with E-state index in [1.54, 1.807) is 24.5 Å². The summed E-state index contributed by atoms with van der Waals surface area (Å²) in [4.78, 5) is 13.6. The quantitative estimate of drug-likeness (QED) is 0.494. The van der Waals surface area contributed by atoms with Gasteiger partial charge in [0.25, 0.3) is 0 Å². The van der Waals surface area contributed by atoms with Gasteiger partial charge in [-0.2, -0.15) is 0 Å². The van der Waals surface area contributed by atoms with Gasteiger partial charge in [0.05, 0.1) is 7.11 Å². The molecule has 7 heteroatoms. The number of nitrogens with one attached hydrogen (secondary N) is 1. The number of hydrogen-bond acceptors (Lipinski definition) is 5. The van der Waals surface area contributed by atoms with Crippen LogP contribution >= 0.6 is 0 Å². The maximum Gasteiger partial charge on any atom is 0.163 e. The highest BCUT2D eigenvalue weighted by Crippen LogP contribution is 2.38. The molecule has 0 radical (unpaired) electrons. The highest BCUT2D eigenvalue weighted by atomic mass is 19.1. The lowest BCUT2D eigenvalue weighted by atomic mass is 10.0. The molecule has 0 unspecified atom stereocenters. The van der Waals surface area contributed by atoms with Gasteiger partial charge in [0, 0.05) is 34.9 Å². The molecule has 5 nitrogen and oxygen atoms in total. The SMILES string of the molecule is COc1cc(-c2cc(F)ccc2F)cc2c(NC3CC3)nc(-c3cccnc3)nc12. The summed E-state index contributed by atoms with van der Waals surface area (Å²) in [6.07, 6.45) is 5.51. The predicted octanol–water partition coefficient (Wildman–Crippen LogP) is 5.22. The number of nitrogens with zero attached hydrogens (tertiary/aromatic N) is 3. The summed E-state index contributed by atoms with van der Waals surface area (Å²) >= 11 is 0. The van der Waals surface area contributed by atoms with Crippen LogP contribution in [0.3, 0.4) is 0 Å². The Labute approximate surface area is 171 Å². The molecule has 2 aromatic carbocycles. The Bertz CT molecular complexity index is 1240. The minimum absolute atomic E-state index is 0.156. The van der Waals surface area contributed by atoms with Gasteiger partial charge in [-0.15, -0.1) is 0 Å². The second kappa shape index (κ2) is 7.33. The number of halogens is 2. The number of anilines is 1. The molecular weight excluding hydrogens is 386 g/mol. The lowest BCUT2D eigenvalue weighted by Crippen LogP contribution is -2.06. The molecule has 2 heterocycles. The molecule has 1 aliphatic rings. The van der Waals surface area contributed by atoms with E-state index in [0.717, 1.165) is 30.5 Å². The summed E-state index contributed by atoms with van der Waals surface area (Å²) in [5.41, 5.74) is 2.02. The Balaban J connectivity index is 1.76. The second-order valence-electron chi connectivity index (χ2n) is 7.25. The van der Waals surface area contributed by atoms with Crippen LogP contribution in [0.4, 0.5) is 14.6 Å². The lowest BCUT2D eigenvalue weighted by molar-refractivity contribution is 0.419. The van der Waals surface area contributed by atoms with Gasteiger partial charge in [0.15, 0.2) is 5.82 Å². The molecule has 0 saturated heterocycles. The Morgan fingerprint density at radius 2 is 1.90 bits per heavy atom. The Morgan fingerprint density at radius 3 is 2.63 bits per heavy atom. The smallest absolute Gasteiger partial charge is 0.163 e. The van der Waals surface area contributed by atoms with Crippen LogP contribution in [0.25, 0.3) is 33.4 Å². The van der Waals surface area contributed by atoms with Crippen molar-refractivity contribution in [1.29, 1.82) is 0 Å². The van der Waals surface area contributed by atoms with Gasteiger partial charge >= 0.3 is 0 Å². The topological polar surface area (TPSA) is 59.9 Å². The van der Waals surface area contributed by atoms with Gasteiger partial charge in [-0.25, -0.2) is 18.7 Å². The number of hydrogen-bond donors (Lipinski definition) is 1. The lowest BCUT2D eigenvalue weighted by Gasteiger charge is -2.15. The van der Waals surface area contributed by atoms with Crippen molar-refractivity contribution in [3.05, 3.63) is 66.5 Å². The minimum Gasteiger partial charge on any atom is -0.494 e. The van der Waals surface area contributed by atoms with E-state index in [1.165, 1.54) is 13.2 Å². The van der Waals surface area contributed by atoms with Crippen LogP contribution < -0.4 is 10.1 Å². The number of pyridine rings is 1. The van der Waals surface area contributed by atoms with Gasteiger partial charge in [-0.1, -0.05) is 0 Å². The Hall–Kier alpha value is -3.61. The van der Waals surface area contributed by atoms with Gasteiger partial charge in [0.1, 0.15) is 28.7 Å². The molecule has 1 saturated carbocycles. The minimum atomic E-state index is -0.512. The van der Waals surface area contributed by atoms with Crippen molar-refractivity contribution in [2.24, 2.45) is 0 Å². The maximum absolute atomic E-state index is 14.4. The van der Waals surface area contributed by atoms with Crippen molar-refractivity contribution < 1.29 is 13.5 Å². The van der Waals surface area contributed by atoms with Crippen LogP contribution in [0.1, 0.15) is 12.8 Å². The van der Waals surface area contributed by atoms with Crippen molar-refractivity contribution in [2.75, 3.05) is 12.4 Å². The molecule has 1 N–H and O–H groups in total. The number of ether oxygens (including phenoxy) is 1. The van der Waals surface area contributed by atoms with E-state index in [9.17, 15) is 8.78 Å². The third kappa shape index (κ3) is 3.43. The van der Waals surface area contributed by atoms with Crippen LogP contribution in [-0.2, 0) is 0 Å². The molecule has 5 rings (SSSR count). The van der Waals surface area contributed by atoms with E-state index < -0.39 is 11.6 Å². The molecule has 0 atom stereocenters. The van der Waals surface area contributed by atoms with Crippen molar-refractivity contribution in [2.45, 2.75) is 18.9 Å². The van der Waals surface area contributed by atoms with E-state index in [4.69, 9.17) is 14.7 Å². The first-order valence-electron chi connectivity index (χ1n) is 9.64. The molecule has 2 aromatic heterocycles. The second-order valence-corrected chi connectivity index (χ2v) is 7.25. The largest absolute Gasteiger partial charge is 0.494 e. The van der Waals surface area contributed by atoms with Gasteiger partial charge in [0.2, 0.25) is 0 Å². The Morgan fingerprint density at radius 1 is 1.03 bits per heavy atom. The predicted molar refractivity (Wildman–Crippen MR) is 111 cm³/mol. The zero-order valence-electron chi connectivity index (χ0n) is 16.2. The molecule has 1 fully saturated rings. The first-order valence-corrected chi connectivity index (χ1v) is 9.64. The number of fused-ring (bicyclic) bond motifs is 1. The number of aromatic nitrogens is 3. The van der Waals surface area contributed by atoms with Crippen LogP contribution in [0, 0.1) is 11.6 Å². The van der Waals surface area contributed by atoms with E-state index in [2.05, 4.69) is 10.3 Å². The first-order chi connectivity index (χ1) is 14.6. The first kappa shape index (κ1) is 18.4. The summed E-state index contributed by atoms with van der Waals surface area (Å²) in [6, 6.07) is 10.9. The highest BCUT2D eigenvalue weighted by molar-refractivity contribution is 5.98. The fourth-order valence-electron chi connectivity index (χ4n) is 3.39. The summed E-state index contributed by atoms with van der Waals surface area (Å²) in [5, 5.41) is 4.12. The van der Waals surface area contributed by atoms with E-state index in [-0.39, 0.29) is 5.56 Å². The van der Waals surface area contributed by atoms with Crippen LogP contribution in [0.15, 0.2) is 54.9 Å².